The van der Waals surface area contributed by atoms with Crippen LogP contribution in [0.2, 0.25) is 0 Å². The van der Waals surface area contributed by atoms with Crippen molar-refractivity contribution in [2.75, 3.05) is 0 Å². The van der Waals surface area contributed by atoms with E-state index in [9.17, 15) is 0 Å². The summed E-state index contributed by atoms with van der Waals surface area (Å²) in [5.41, 5.74) is 16.6. The van der Waals surface area contributed by atoms with Crippen LogP contribution in [0.4, 0.5) is 0 Å². The average Bonchev–Trinajstić information content (AvgIpc) is 3.46. The molecule has 0 unspecified atom stereocenters. The highest BCUT2D eigenvalue weighted by molar-refractivity contribution is 6.04. The molecule has 5 aliphatic carbocycles. The van der Waals surface area contributed by atoms with Gasteiger partial charge in [-0.25, -0.2) is 15.0 Å². The van der Waals surface area contributed by atoms with Gasteiger partial charge in [0, 0.05) is 39.3 Å². The largest absolute Gasteiger partial charge is 0.256 e. The highest BCUT2D eigenvalue weighted by Gasteiger charge is 2.63. The zero-order valence-corrected chi connectivity index (χ0v) is 40.6. The molecule has 4 saturated carbocycles. The Kier molecular flexibility index (Phi) is 9.64. The Morgan fingerprint density at radius 3 is 1.55 bits per heavy atom. The fourth-order valence-electron chi connectivity index (χ4n) is 15.0. The van der Waals surface area contributed by atoms with Crippen molar-refractivity contribution in [1.82, 2.24) is 19.9 Å². The molecule has 4 heteroatoms. The minimum atomic E-state index is -0.487. The van der Waals surface area contributed by atoms with Gasteiger partial charge in [-0.1, -0.05) is 206 Å². The predicted octanol–water partition coefficient (Wildman–Crippen LogP) is 16.3. The molecule has 0 amide bonds. The van der Waals surface area contributed by atoms with Crippen LogP contribution >= 0.6 is 0 Å². The van der Waals surface area contributed by atoms with Gasteiger partial charge in [0.15, 0.2) is 17.5 Å². The van der Waals surface area contributed by atoms with Crippen LogP contribution in [-0.2, 0) is 10.8 Å². The van der Waals surface area contributed by atoms with E-state index in [-0.39, 0.29) is 5.41 Å². The van der Waals surface area contributed by atoms with Gasteiger partial charge < -0.3 is 0 Å². The summed E-state index contributed by atoms with van der Waals surface area (Å²) in [5.74, 6) is 4.81. The van der Waals surface area contributed by atoms with E-state index in [1.165, 1.54) is 76.4 Å². The van der Waals surface area contributed by atoms with E-state index < -0.39 is 5.41 Å². The molecule has 0 aliphatic heterocycles. The van der Waals surface area contributed by atoms with Gasteiger partial charge in [-0.3, -0.25) is 4.98 Å². The molecule has 4 bridgehead atoms. The summed E-state index contributed by atoms with van der Waals surface area (Å²) in [4.78, 5) is 20.5. The Morgan fingerprint density at radius 2 is 0.863 bits per heavy atom. The first-order valence-corrected chi connectivity index (χ1v) is 26.3. The van der Waals surface area contributed by atoms with Gasteiger partial charge in [0.25, 0.3) is 0 Å². The van der Waals surface area contributed by atoms with Crippen molar-refractivity contribution >= 4 is 21.7 Å². The molecular weight excluding hydrogens is 885 g/mol. The number of benzene rings is 9. The van der Waals surface area contributed by atoms with Gasteiger partial charge in [-0.15, -0.1) is 0 Å². The fourth-order valence-corrected chi connectivity index (χ4v) is 15.0. The lowest BCUT2D eigenvalue weighted by Gasteiger charge is -2.65. The molecule has 0 atom stereocenters. The second-order valence-electron chi connectivity index (χ2n) is 21.3. The number of hydrogen-bond acceptors (Lipinski definition) is 4. The first-order valence-electron chi connectivity index (χ1n) is 26.3. The number of nitrogens with zero attached hydrogens (tertiary/aromatic N) is 4. The number of aromatic nitrogens is 4. The summed E-state index contributed by atoms with van der Waals surface area (Å²) in [7, 11) is 0. The summed E-state index contributed by atoms with van der Waals surface area (Å²) >= 11 is 0. The van der Waals surface area contributed by atoms with Crippen LogP contribution < -0.4 is 0 Å². The highest BCUT2D eigenvalue weighted by atomic mass is 15.0. The van der Waals surface area contributed by atoms with Gasteiger partial charge >= 0.3 is 0 Å². The van der Waals surface area contributed by atoms with Crippen molar-refractivity contribution < 1.29 is 0 Å². The van der Waals surface area contributed by atoms with Crippen LogP contribution in [0.1, 0.15) is 65.5 Å². The second-order valence-corrected chi connectivity index (χ2v) is 21.3. The molecule has 9 aromatic carbocycles. The summed E-state index contributed by atoms with van der Waals surface area (Å²) in [6.45, 7) is 0. The maximum Gasteiger partial charge on any atom is 0.164 e. The van der Waals surface area contributed by atoms with Crippen molar-refractivity contribution in [2.45, 2.75) is 42.9 Å². The molecule has 4 fully saturated rings. The Hall–Kier alpha value is -8.34. The molecule has 0 radical (unpaired) electrons. The van der Waals surface area contributed by atoms with E-state index in [1.807, 2.05) is 30.5 Å². The normalized spacial score (nSPS) is 21.0. The summed E-state index contributed by atoms with van der Waals surface area (Å²) in [6, 6.07) is 82.8. The first-order chi connectivity index (χ1) is 36.1. The van der Waals surface area contributed by atoms with Crippen molar-refractivity contribution in [1.29, 1.82) is 0 Å². The molecule has 0 N–H and O–H groups in total. The molecule has 1 spiro atoms. The minimum Gasteiger partial charge on any atom is -0.256 e. The average molecular weight is 937 g/mol. The van der Waals surface area contributed by atoms with Crippen LogP contribution in [0.5, 0.6) is 0 Å². The van der Waals surface area contributed by atoms with E-state index in [1.54, 1.807) is 5.56 Å². The molecule has 16 rings (SSSR count). The molecular formula is C69H52N4. The Labute approximate surface area is 426 Å². The molecule has 11 aromatic rings. The van der Waals surface area contributed by atoms with Crippen molar-refractivity contribution in [3.63, 3.8) is 0 Å². The number of hydrogen-bond donors (Lipinski definition) is 0. The summed E-state index contributed by atoms with van der Waals surface area (Å²) in [6.07, 6.45) is 8.54. The van der Waals surface area contributed by atoms with Gasteiger partial charge in [0.1, 0.15) is 0 Å². The zero-order chi connectivity index (χ0) is 48.1. The smallest absolute Gasteiger partial charge is 0.164 e. The van der Waals surface area contributed by atoms with Gasteiger partial charge in [0.2, 0.25) is 0 Å². The standard InChI is InChI=1S/C69H52N4/c1-4-16-48(17-5-1)65-71-66(49-31-29-46(30-32-49)56-26-14-18-47-19-15-37-70-64(47)56)73-67(72-65)59-35-34-55(57-24-10-11-25-58(57)59)50-33-36-62-63(43-50)69(53-39-44-38-45(41-53)42-54(69)40-44)61-28-13-12-27-60(61)68(62,51-20-6-2-7-21-51)52-22-8-3-9-23-52/h1-37,43-45,53-54H,38-42H2. The molecule has 5 aliphatic rings. The van der Waals surface area contributed by atoms with Gasteiger partial charge in [0.05, 0.1) is 10.9 Å². The molecule has 73 heavy (non-hydrogen) atoms. The molecule has 4 nitrogen and oxygen atoms in total. The van der Waals surface area contributed by atoms with E-state index in [0.29, 0.717) is 29.3 Å². The maximum atomic E-state index is 5.32. The van der Waals surface area contributed by atoms with Crippen LogP contribution in [-0.4, -0.2) is 19.9 Å². The van der Waals surface area contributed by atoms with E-state index >= 15 is 0 Å². The molecule has 348 valence electrons. The minimum absolute atomic E-state index is 0.0722. The van der Waals surface area contributed by atoms with Crippen LogP contribution in [0.25, 0.3) is 78.1 Å². The maximum absolute atomic E-state index is 5.32. The summed E-state index contributed by atoms with van der Waals surface area (Å²) < 4.78 is 0. The zero-order valence-electron chi connectivity index (χ0n) is 40.6. The predicted molar refractivity (Wildman–Crippen MR) is 296 cm³/mol. The molecule has 2 aromatic heterocycles. The molecule has 2 heterocycles. The third-order valence-electron chi connectivity index (χ3n) is 17.7. The first kappa shape index (κ1) is 42.4. The summed E-state index contributed by atoms with van der Waals surface area (Å²) in [5, 5.41) is 3.42. The SMILES string of the molecule is c1ccc(-c2nc(-c3ccc(-c4cccc5cccnc45)cc3)nc(-c3ccc(-c4ccc5c(c4)C4(c6ccccc6C5(c5ccccc5)c5ccccc5)C5CC6CC(C5)CC4C6)c4ccccc34)n2)cc1. The van der Waals surface area contributed by atoms with Crippen LogP contribution in [0, 0.1) is 23.7 Å². The van der Waals surface area contributed by atoms with Crippen LogP contribution in [0.15, 0.2) is 231 Å². The van der Waals surface area contributed by atoms with E-state index in [4.69, 9.17) is 19.9 Å². The van der Waals surface area contributed by atoms with Gasteiger partial charge in [-0.05, 0) is 135 Å². The number of para-hydroxylation sites is 1. The fraction of sp³-hybridized carbons (Fsp3) is 0.159. The lowest BCUT2D eigenvalue weighted by Crippen LogP contribution is -2.59. The van der Waals surface area contributed by atoms with Crippen molar-refractivity contribution in [3.05, 3.63) is 264 Å². The monoisotopic (exact) mass is 936 g/mol. The van der Waals surface area contributed by atoms with Crippen molar-refractivity contribution in [2.24, 2.45) is 23.7 Å². The van der Waals surface area contributed by atoms with Gasteiger partial charge in [-0.2, -0.15) is 0 Å². The second kappa shape index (κ2) is 16.6. The van der Waals surface area contributed by atoms with E-state index in [0.717, 1.165) is 55.9 Å². The topological polar surface area (TPSA) is 51.6 Å². The Balaban J connectivity index is 0.915. The molecule has 0 saturated heterocycles. The highest BCUT2D eigenvalue weighted by Crippen LogP contribution is 2.70. The number of fused-ring (bicyclic) bond motifs is 4. The number of rotatable bonds is 7. The lowest BCUT2D eigenvalue weighted by atomic mass is 9.38. The third kappa shape index (κ3) is 6.39. The Morgan fingerprint density at radius 1 is 0.342 bits per heavy atom. The van der Waals surface area contributed by atoms with Crippen LogP contribution in [0.3, 0.4) is 0 Å². The van der Waals surface area contributed by atoms with Crippen molar-refractivity contribution in [3.8, 4) is 56.4 Å². The Bertz CT molecular complexity index is 3850. The quantitative estimate of drug-likeness (QED) is 0.160. The third-order valence-corrected chi connectivity index (χ3v) is 17.7. The lowest BCUT2D eigenvalue weighted by molar-refractivity contribution is -0.0440. The number of pyridine rings is 1. The van der Waals surface area contributed by atoms with E-state index in [2.05, 4.69) is 200 Å².